The van der Waals surface area contributed by atoms with Crippen molar-refractivity contribution in [3.05, 3.63) is 101 Å². The molecule has 0 bridgehead atoms. The van der Waals surface area contributed by atoms with E-state index in [1.54, 1.807) is 6.92 Å². The van der Waals surface area contributed by atoms with Crippen LogP contribution in [0.4, 0.5) is 29.2 Å². The molecule has 0 spiro atoms. The molecule has 0 fully saturated rings. The van der Waals surface area contributed by atoms with Gasteiger partial charge < -0.3 is 15.5 Å². The number of benzene rings is 2. The van der Waals surface area contributed by atoms with Gasteiger partial charge in [-0.25, -0.2) is 24.3 Å². The molecule has 1 amide bonds. The average Bonchev–Trinajstić information content (AvgIpc) is 3.45. The Morgan fingerprint density at radius 1 is 0.974 bits per heavy atom. The first-order chi connectivity index (χ1) is 18.5. The molecule has 39 heavy (non-hydrogen) atoms. The normalized spacial score (nSPS) is 16.9. The van der Waals surface area contributed by atoms with E-state index in [2.05, 4.69) is 25.3 Å². The number of rotatable bonds is 4. The van der Waals surface area contributed by atoms with Crippen molar-refractivity contribution >= 4 is 23.2 Å². The predicted octanol–water partition coefficient (Wildman–Crippen LogP) is 4.78. The third-order valence-corrected chi connectivity index (χ3v) is 6.79. The van der Waals surface area contributed by atoms with Crippen LogP contribution in [0.5, 0.6) is 0 Å². The summed E-state index contributed by atoms with van der Waals surface area (Å²) in [5, 5.41) is 2.71. The Labute approximate surface area is 218 Å². The third-order valence-electron chi connectivity index (χ3n) is 6.79. The molecule has 1 aliphatic rings. The molecule has 1 unspecified atom stereocenters. The van der Waals surface area contributed by atoms with Gasteiger partial charge in [0.15, 0.2) is 17.2 Å². The van der Waals surface area contributed by atoms with Crippen molar-refractivity contribution in [3.63, 3.8) is 0 Å². The monoisotopic (exact) mass is 533 g/mol. The van der Waals surface area contributed by atoms with E-state index in [1.165, 1.54) is 34.9 Å². The number of hydrogen-bond acceptors (Lipinski definition) is 6. The Morgan fingerprint density at radius 2 is 1.69 bits per heavy atom. The Morgan fingerprint density at radius 3 is 2.38 bits per heavy atom. The Hall–Kier alpha value is -4.87. The van der Waals surface area contributed by atoms with E-state index in [0.717, 1.165) is 11.8 Å². The van der Waals surface area contributed by atoms with Crippen molar-refractivity contribution in [3.8, 4) is 11.5 Å². The maximum atomic E-state index is 13.5. The van der Waals surface area contributed by atoms with Crippen LogP contribution in [-0.2, 0) is 22.8 Å². The number of halogens is 4. The summed E-state index contributed by atoms with van der Waals surface area (Å²) >= 11 is 0. The van der Waals surface area contributed by atoms with Gasteiger partial charge in [-0.15, -0.1) is 0 Å². The van der Waals surface area contributed by atoms with Crippen molar-refractivity contribution in [2.45, 2.75) is 24.9 Å². The van der Waals surface area contributed by atoms with Crippen molar-refractivity contribution in [1.82, 2.24) is 24.3 Å². The summed E-state index contributed by atoms with van der Waals surface area (Å²) < 4.78 is 55.2. The summed E-state index contributed by atoms with van der Waals surface area (Å²) in [4.78, 5) is 30.3. The molecule has 1 atom stereocenters. The molecule has 6 rings (SSSR count). The number of nitrogens with one attached hydrogen (secondary N) is 1. The summed E-state index contributed by atoms with van der Waals surface area (Å²) in [5.74, 6) is -0.759. The quantitative estimate of drug-likeness (QED) is 0.322. The molecule has 2 aromatic carbocycles. The molecule has 196 valence electrons. The molecule has 0 saturated carbocycles. The maximum Gasteiger partial charge on any atom is 0.434 e. The summed E-state index contributed by atoms with van der Waals surface area (Å²) in [6.45, 7) is 1.63. The van der Waals surface area contributed by atoms with Gasteiger partial charge in [0, 0.05) is 18.8 Å². The van der Waals surface area contributed by atoms with E-state index in [9.17, 15) is 22.4 Å². The fourth-order valence-electron chi connectivity index (χ4n) is 4.79. The topological polar surface area (TPSA) is 111 Å². The van der Waals surface area contributed by atoms with E-state index in [-0.39, 0.29) is 40.9 Å². The van der Waals surface area contributed by atoms with E-state index in [1.807, 2.05) is 30.3 Å². The van der Waals surface area contributed by atoms with Crippen LogP contribution in [0.3, 0.4) is 0 Å². The summed E-state index contributed by atoms with van der Waals surface area (Å²) in [6.07, 6.45) is -2.24. The molecule has 4 heterocycles. The maximum absolute atomic E-state index is 13.5. The minimum Gasteiger partial charge on any atom is -0.383 e. The highest BCUT2D eigenvalue weighted by molar-refractivity contribution is 6.09. The van der Waals surface area contributed by atoms with Gasteiger partial charge in [-0.1, -0.05) is 42.5 Å². The second-order valence-electron chi connectivity index (χ2n) is 9.33. The lowest BCUT2D eigenvalue weighted by Crippen LogP contribution is -2.33. The summed E-state index contributed by atoms with van der Waals surface area (Å²) in [7, 11) is 0. The number of carbonyl (C=O) groups excluding carboxylic acids is 1. The minimum absolute atomic E-state index is 0.00776. The van der Waals surface area contributed by atoms with E-state index >= 15 is 0 Å². The highest BCUT2D eigenvalue weighted by Gasteiger charge is 2.47. The SMILES string of the molecule is CC1(c2ccc(F)cc2)C(=O)Nc2nc(-c3cn4cc(C(F)(F)F)nc4c(Cc4ccccc4)n3)nc(N)c21. The van der Waals surface area contributed by atoms with Crippen molar-refractivity contribution in [1.29, 1.82) is 0 Å². The number of fused-ring (bicyclic) bond motifs is 2. The van der Waals surface area contributed by atoms with Gasteiger partial charge in [-0.3, -0.25) is 4.79 Å². The van der Waals surface area contributed by atoms with Crippen LogP contribution >= 0.6 is 0 Å². The molecular formula is C27H19F4N7O. The van der Waals surface area contributed by atoms with Gasteiger partial charge in [-0.05, 0) is 30.2 Å². The molecule has 8 nitrogen and oxygen atoms in total. The number of anilines is 2. The minimum atomic E-state index is -4.65. The number of nitrogen functional groups attached to an aromatic ring is 1. The van der Waals surface area contributed by atoms with Crippen LogP contribution in [0, 0.1) is 5.82 Å². The Balaban J connectivity index is 1.50. The fraction of sp³-hybridized carbons (Fsp3) is 0.148. The number of alkyl halides is 3. The second kappa shape index (κ2) is 8.58. The average molecular weight is 533 g/mol. The van der Waals surface area contributed by atoms with Gasteiger partial charge in [0.2, 0.25) is 5.91 Å². The molecule has 3 aromatic heterocycles. The Bertz CT molecular complexity index is 1750. The van der Waals surface area contributed by atoms with Crippen LogP contribution in [-0.4, -0.2) is 30.2 Å². The molecule has 5 aromatic rings. The smallest absolute Gasteiger partial charge is 0.383 e. The number of imidazole rings is 1. The fourth-order valence-corrected chi connectivity index (χ4v) is 4.79. The lowest BCUT2D eigenvalue weighted by molar-refractivity contribution is -0.140. The largest absolute Gasteiger partial charge is 0.434 e. The van der Waals surface area contributed by atoms with Gasteiger partial charge in [0.25, 0.3) is 0 Å². The van der Waals surface area contributed by atoms with E-state index in [4.69, 9.17) is 5.73 Å². The highest BCUT2D eigenvalue weighted by Crippen LogP contribution is 2.45. The molecular weight excluding hydrogens is 514 g/mol. The number of aromatic nitrogens is 5. The molecule has 0 saturated heterocycles. The number of carbonyl (C=O) groups is 1. The zero-order valence-corrected chi connectivity index (χ0v) is 20.3. The number of nitrogens with two attached hydrogens (primary N) is 1. The number of hydrogen-bond donors (Lipinski definition) is 2. The molecule has 0 aliphatic carbocycles. The molecule has 0 radical (unpaired) electrons. The standard InChI is InChI=1S/C27H19F4N7O/c1-26(15-7-9-16(28)10-8-15)20-21(32)35-22(36-23(20)37-25(26)39)18-12-38-13-19(27(29,30)31)34-24(38)17(33-18)11-14-5-3-2-4-6-14/h2-10,12-13H,11H2,1H3,(H3,32,35,36,37,39). The first-order valence-corrected chi connectivity index (χ1v) is 11.8. The lowest BCUT2D eigenvalue weighted by Gasteiger charge is -2.23. The highest BCUT2D eigenvalue weighted by atomic mass is 19.4. The van der Waals surface area contributed by atoms with Crippen LogP contribution in [0.15, 0.2) is 67.0 Å². The van der Waals surface area contributed by atoms with Gasteiger partial charge in [-0.2, -0.15) is 13.2 Å². The second-order valence-corrected chi connectivity index (χ2v) is 9.33. The first-order valence-electron chi connectivity index (χ1n) is 11.8. The van der Waals surface area contributed by atoms with Crippen molar-refractivity contribution < 1.29 is 22.4 Å². The summed E-state index contributed by atoms with van der Waals surface area (Å²) in [5.41, 5.74) is 6.07. The molecule has 1 aliphatic heterocycles. The molecule has 3 N–H and O–H groups in total. The van der Waals surface area contributed by atoms with E-state index < -0.39 is 29.0 Å². The van der Waals surface area contributed by atoms with Crippen LogP contribution in [0.2, 0.25) is 0 Å². The number of amides is 1. The van der Waals surface area contributed by atoms with Crippen LogP contribution in [0.25, 0.3) is 17.2 Å². The molecule has 12 heteroatoms. The van der Waals surface area contributed by atoms with Gasteiger partial charge in [0.05, 0.1) is 11.3 Å². The van der Waals surface area contributed by atoms with Gasteiger partial charge >= 0.3 is 6.18 Å². The first kappa shape index (κ1) is 24.5. The Kier molecular flexibility index (Phi) is 5.38. The predicted molar refractivity (Wildman–Crippen MR) is 134 cm³/mol. The van der Waals surface area contributed by atoms with Crippen LogP contribution in [0.1, 0.15) is 35.0 Å². The zero-order chi connectivity index (χ0) is 27.5. The van der Waals surface area contributed by atoms with Crippen molar-refractivity contribution in [2.24, 2.45) is 0 Å². The lowest BCUT2D eigenvalue weighted by atomic mass is 9.78. The zero-order valence-electron chi connectivity index (χ0n) is 20.3. The van der Waals surface area contributed by atoms with E-state index in [0.29, 0.717) is 11.1 Å². The third kappa shape index (κ3) is 4.04. The van der Waals surface area contributed by atoms with Crippen LogP contribution < -0.4 is 11.1 Å². The van der Waals surface area contributed by atoms with Gasteiger partial charge in [0.1, 0.15) is 28.6 Å². The van der Waals surface area contributed by atoms with Crippen molar-refractivity contribution in [2.75, 3.05) is 11.1 Å². The number of nitrogens with zero attached hydrogens (tertiary/aromatic N) is 5. The summed E-state index contributed by atoms with van der Waals surface area (Å²) in [6, 6.07) is 14.6.